The highest BCUT2D eigenvalue weighted by Gasteiger charge is 2.17. The van der Waals surface area contributed by atoms with Crippen LogP contribution < -0.4 is 0 Å². The molecule has 0 radical (unpaired) electrons. The minimum Gasteiger partial charge on any atom is -0.451 e. The molecule has 6 heteroatoms. The summed E-state index contributed by atoms with van der Waals surface area (Å²) in [6.07, 6.45) is -0.0515. The summed E-state index contributed by atoms with van der Waals surface area (Å²) in [4.78, 5) is 33.0. The number of aldehydes is 1. The van der Waals surface area contributed by atoms with Crippen LogP contribution in [0.5, 0.6) is 0 Å². The largest absolute Gasteiger partial charge is 0.451 e. The van der Waals surface area contributed by atoms with Crippen LogP contribution in [0.15, 0.2) is 54.6 Å². The zero-order valence-corrected chi connectivity index (χ0v) is 11.5. The topological polar surface area (TPSA) is 86.5 Å². The molecule has 0 aromatic heterocycles. The molecule has 0 heterocycles. The van der Waals surface area contributed by atoms with Crippen LogP contribution in [0, 0.1) is 10.1 Å². The Morgan fingerprint density at radius 2 is 1.77 bits per heavy atom. The molecule has 0 fully saturated rings. The van der Waals surface area contributed by atoms with Crippen LogP contribution in [-0.4, -0.2) is 23.3 Å². The van der Waals surface area contributed by atoms with E-state index in [1.54, 1.807) is 0 Å². The van der Waals surface area contributed by atoms with Crippen LogP contribution in [0.1, 0.15) is 15.9 Å². The molecule has 22 heavy (non-hydrogen) atoms. The third kappa shape index (κ3) is 3.99. The Morgan fingerprint density at radius 3 is 2.32 bits per heavy atom. The molecule has 0 saturated heterocycles. The average molecular weight is 299 g/mol. The molecule has 0 saturated carbocycles. The lowest BCUT2D eigenvalue weighted by Crippen LogP contribution is -2.22. The molecule has 0 aliphatic rings. The molecule has 0 bridgehead atoms. The maximum atomic E-state index is 11.9. The van der Waals surface area contributed by atoms with Crippen molar-refractivity contribution in [2.75, 3.05) is 0 Å². The molecule has 112 valence electrons. The van der Waals surface area contributed by atoms with Crippen molar-refractivity contribution in [3.8, 4) is 0 Å². The van der Waals surface area contributed by atoms with Gasteiger partial charge in [-0.25, -0.2) is 4.79 Å². The standard InChI is InChI=1S/C16H13NO5/c18-11-15(10-12-4-2-1-3-5-12)22-16(19)13-6-8-14(9-7-13)17(20)21/h1-9,11,15H,10H2. The minimum atomic E-state index is -0.898. The molecule has 0 amide bonds. The molecule has 2 rings (SSSR count). The zero-order chi connectivity index (χ0) is 15.9. The Kier molecular flexibility index (Phi) is 4.98. The molecular weight excluding hydrogens is 286 g/mol. The first-order valence-corrected chi connectivity index (χ1v) is 6.55. The van der Waals surface area contributed by atoms with E-state index in [1.165, 1.54) is 24.3 Å². The molecule has 0 N–H and O–H groups in total. The summed E-state index contributed by atoms with van der Waals surface area (Å²) in [6, 6.07) is 14.2. The smallest absolute Gasteiger partial charge is 0.338 e. The first kappa shape index (κ1) is 15.4. The number of benzene rings is 2. The van der Waals surface area contributed by atoms with Gasteiger partial charge in [0.1, 0.15) is 0 Å². The van der Waals surface area contributed by atoms with Gasteiger partial charge in [0.15, 0.2) is 12.4 Å². The van der Waals surface area contributed by atoms with Gasteiger partial charge in [-0.05, 0) is 17.7 Å². The van der Waals surface area contributed by atoms with E-state index in [2.05, 4.69) is 0 Å². The van der Waals surface area contributed by atoms with Crippen molar-refractivity contribution < 1.29 is 19.2 Å². The van der Waals surface area contributed by atoms with Gasteiger partial charge in [0.25, 0.3) is 5.69 Å². The lowest BCUT2D eigenvalue weighted by Gasteiger charge is -2.12. The van der Waals surface area contributed by atoms with Crippen LogP contribution in [0.4, 0.5) is 5.69 Å². The number of nitrogens with zero attached hydrogens (tertiary/aromatic N) is 1. The van der Waals surface area contributed by atoms with Crippen LogP contribution >= 0.6 is 0 Å². The van der Waals surface area contributed by atoms with Gasteiger partial charge in [0.2, 0.25) is 0 Å². The maximum absolute atomic E-state index is 11.9. The number of carbonyl (C=O) groups excluding carboxylic acids is 2. The Bertz CT molecular complexity index is 667. The van der Waals surface area contributed by atoms with Crippen LogP contribution in [-0.2, 0) is 16.0 Å². The van der Waals surface area contributed by atoms with E-state index in [1.807, 2.05) is 30.3 Å². The van der Waals surface area contributed by atoms with Gasteiger partial charge in [-0.3, -0.25) is 14.9 Å². The van der Waals surface area contributed by atoms with E-state index in [0.717, 1.165) is 5.56 Å². The van der Waals surface area contributed by atoms with Crippen LogP contribution in [0.25, 0.3) is 0 Å². The first-order chi connectivity index (χ1) is 10.6. The molecule has 0 aliphatic heterocycles. The highest BCUT2D eigenvalue weighted by Crippen LogP contribution is 2.14. The Morgan fingerprint density at radius 1 is 1.14 bits per heavy atom. The predicted octanol–water partition coefficient (Wildman–Crippen LogP) is 2.56. The fourth-order valence-corrected chi connectivity index (χ4v) is 1.89. The first-order valence-electron chi connectivity index (χ1n) is 6.55. The second-order valence-electron chi connectivity index (χ2n) is 4.57. The number of esters is 1. The van der Waals surface area contributed by atoms with E-state index in [4.69, 9.17) is 4.74 Å². The fraction of sp³-hybridized carbons (Fsp3) is 0.125. The zero-order valence-electron chi connectivity index (χ0n) is 11.5. The van der Waals surface area contributed by atoms with Gasteiger partial charge in [-0.15, -0.1) is 0 Å². The highest BCUT2D eigenvalue weighted by atomic mass is 16.6. The predicted molar refractivity (Wildman–Crippen MR) is 78.5 cm³/mol. The number of hydrogen-bond acceptors (Lipinski definition) is 5. The Hall–Kier alpha value is -3.02. The average Bonchev–Trinajstić information content (AvgIpc) is 2.55. The van der Waals surface area contributed by atoms with Crippen molar-refractivity contribution in [3.05, 3.63) is 75.8 Å². The van der Waals surface area contributed by atoms with E-state index in [0.29, 0.717) is 6.29 Å². The quantitative estimate of drug-likeness (QED) is 0.354. The van der Waals surface area contributed by atoms with Crippen molar-refractivity contribution >= 4 is 17.9 Å². The van der Waals surface area contributed by atoms with Crippen molar-refractivity contribution in [2.45, 2.75) is 12.5 Å². The third-order valence-electron chi connectivity index (χ3n) is 3.00. The summed E-state index contributed by atoms with van der Waals surface area (Å²) < 4.78 is 5.11. The molecule has 2 aromatic carbocycles. The van der Waals surface area contributed by atoms with Crippen molar-refractivity contribution in [2.24, 2.45) is 0 Å². The van der Waals surface area contributed by atoms with Crippen LogP contribution in [0.3, 0.4) is 0 Å². The molecular formula is C16H13NO5. The summed E-state index contributed by atoms with van der Waals surface area (Å²) in [6.45, 7) is 0. The number of non-ortho nitro benzene ring substituents is 1. The molecule has 0 aliphatic carbocycles. The molecule has 1 unspecified atom stereocenters. The lowest BCUT2D eigenvalue weighted by molar-refractivity contribution is -0.384. The van der Waals surface area contributed by atoms with Crippen molar-refractivity contribution in [3.63, 3.8) is 0 Å². The van der Waals surface area contributed by atoms with Gasteiger partial charge in [0.05, 0.1) is 10.5 Å². The lowest BCUT2D eigenvalue weighted by atomic mass is 10.1. The number of hydrogen-bond donors (Lipinski definition) is 0. The second-order valence-corrected chi connectivity index (χ2v) is 4.57. The Labute approximate surface area is 126 Å². The van der Waals surface area contributed by atoms with Crippen LogP contribution in [0.2, 0.25) is 0 Å². The molecule has 1 atom stereocenters. The number of rotatable bonds is 6. The summed E-state index contributed by atoms with van der Waals surface area (Å²) >= 11 is 0. The van der Waals surface area contributed by atoms with Gasteiger partial charge in [-0.1, -0.05) is 30.3 Å². The summed E-state index contributed by atoms with van der Waals surface area (Å²) in [5.74, 6) is -0.692. The van der Waals surface area contributed by atoms with Gasteiger partial charge in [0, 0.05) is 18.6 Å². The number of ether oxygens (including phenoxy) is 1. The normalized spacial score (nSPS) is 11.5. The van der Waals surface area contributed by atoms with Gasteiger partial charge < -0.3 is 4.74 Å². The van der Waals surface area contributed by atoms with Gasteiger partial charge >= 0.3 is 5.97 Å². The van der Waals surface area contributed by atoms with E-state index >= 15 is 0 Å². The van der Waals surface area contributed by atoms with Gasteiger partial charge in [-0.2, -0.15) is 0 Å². The molecule has 2 aromatic rings. The van der Waals surface area contributed by atoms with E-state index < -0.39 is 17.0 Å². The Balaban J connectivity index is 2.02. The summed E-state index contributed by atoms with van der Waals surface area (Å²) in [7, 11) is 0. The molecule has 0 spiro atoms. The van der Waals surface area contributed by atoms with E-state index in [9.17, 15) is 19.7 Å². The molecule has 6 nitrogen and oxygen atoms in total. The monoisotopic (exact) mass is 299 g/mol. The number of nitro groups is 1. The SMILES string of the molecule is O=CC(Cc1ccccc1)OC(=O)c1ccc([N+](=O)[O-])cc1. The maximum Gasteiger partial charge on any atom is 0.338 e. The number of carbonyl (C=O) groups is 2. The number of nitro benzene ring substituents is 1. The fourth-order valence-electron chi connectivity index (χ4n) is 1.89. The summed E-state index contributed by atoms with van der Waals surface area (Å²) in [5.41, 5.74) is 0.911. The second kappa shape index (κ2) is 7.12. The minimum absolute atomic E-state index is 0.118. The van der Waals surface area contributed by atoms with Crippen molar-refractivity contribution in [1.29, 1.82) is 0 Å². The summed E-state index contributed by atoms with van der Waals surface area (Å²) in [5, 5.41) is 10.6. The highest BCUT2D eigenvalue weighted by molar-refractivity contribution is 5.90. The third-order valence-corrected chi connectivity index (χ3v) is 3.00. The van der Waals surface area contributed by atoms with E-state index in [-0.39, 0.29) is 17.7 Å². The van der Waals surface area contributed by atoms with Crippen molar-refractivity contribution in [1.82, 2.24) is 0 Å².